The molecule has 0 radical (unpaired) electrons. The highest BCUT2D eigenvalue weighted by Gasteiger charge is 2.25. The van der Waals surface area contributed by atoms with Crippen LogP contribution in [0.5, 0.6) is 0 Å². The second kappa shape index (κ2) is 5.69. The van der Waals surface area contributed by atoms with E-state index in [9.17, 15) is 8.42 Å². The van der Waals surface area contributed by atoms with Crippen molar-refractivity contribution in [1.29, 1.82) is 0 Å². The molecule has 1 atom stereocenters. The van der Waals surface area contributed by atoms with Crippen LogP contribution < -0.4 is 16.0 Å². The van der Waals surface area contributed by atoms with Gasteiger partial charge < -0.3 is 10.9 Å². The molecular weight excluding hydrogens is 286 g/mol. The van der Waals surface area contributed by atoms with Gasteiger partial charge in [-0.1, -0.05) is 26.8 Å². The van der Waals surface area contributed by atoms with E-state index in [4.69, 9.17) is 5.14 Å². The molecule has 2 rings (SSSR count). The molecular formula is C15H23N3O2S. The molecule has 0 saturated carbocycles. The average molecular weight is 309 g/mol. The number of nitrogens with two attached hydrogens (primary N) is 1. The average Bonchev–Trinajstić information content (AvgIpc) is 2.33. The summed E-state index contributed by atoms with van der Waals surface area (Å²) in [6.07, 6.45) is 4.44. The number of hydrogen-bond acceptors (Lipinski definition) is 4. The number of nitrogens with one attached hydrogen (secondary N) is 2. The van der Waals surface area contributed by atoms with Crippen LogP contribution in [0.4, 0.5) is 5.69 Å². The zero-order valence-corrected chi connectivity index (χ0v) is 13.5. The van der Waals surface area contributed by atoms with Crippen LogP contribution in [0, 0.1) is 11.3 Å². The van der Waals surface area contributed by atoms with Gasteiger partial charge in [0.1, 0.15) is 0 Å². The number of rotatable bonds is 4. The lowest BCUT2D eigenvalue weighted by Crippen LogP contribution is -2.29. The van der Waals surface area contributed by atoms with E-state index in [1.165, 1.54) is 18.6 Å². The van der Waals surface area contributed by atoms with Crippen LogP contribution in [0.25, 0.3) is 0 Å². The van der Waals surface area contributed by atoms with Crippen molar-refractivity contribution < 1.29 is 8.42 Å². The summed E-state index contributed by atoms with van der Waals surface area (Å²) < 4.78 is 22.4. The van der Waals surface area contributed by atoms with Gasteiger partial charge in [0.05, 0.1) is 10.6 Å². The van der Waals surface area contributed by atoms with E-state index in [0.29, 0.717) is 5.92 Å². The van der Waals surface area contributed by atoms with E-state index in [-0.39, 0.29) is 10.3 Å². The van der Waals surface area contributed by atoms with Crippen molar-refractivity contribution >= 4 is 15.7 Å². The summed E-state index contributed by atoms with van der Waals surface area (Å²) in [6, 6.07) is 6.34. The van der Waals surface area contributed by atoms with Crippen LogP contribution in [0.3, 0.4) is 0 Å². The first-order valence-electron chi connectivity index (χ1n) is 7.02. The number of hydrogen-bond donors (Lipinski definition) is 3. The first-order chi connectivity index (χ1) is 9.66. The minimum atomic E-state index is -3.64. The number of hydrazine groups is 1. The summed E-state index contributed by atoms with van der Waals surface area (Å²) in [5.74, 6) is 0.638. The number of anilines is 1. The van der Waals surface area contributed by atoms with Crippen LogP contribution in [0.1, 0.15) is 33.6 Å². The normalized spacial score (nSPS) is 21.5. The third kappa shape index (κ3) is 4.47. The van der Waals surface area contributed by atoms with Gasteiger partial charge in [-0.05, 0) is 48.4 Å². The Morgan fingerprint density at radius 1 is 1.19 bits per heavy atom. The maximum Gasteiger partial charge on any atom is 0.238 e. The topological polar surface area (TPSA) is 84.2 Å². The zero-order valence-electron chi connectivity index (χ0n) is 12.7. The summed E-state index contributed by atoms with van der Waals surface area (Å²) in [6.45, 7) is 6.70. The fraction of sp³-hybridized carbons (Fsp3) is 0.467. The molecule has 5 nitrogen and oxygen atoms in total. The molecule has 116 valence electrons. The standard InChI is InChI=1S/C15H23N3O2S/c1-11-8-13(10-15(2,3)9-11)18-17-12-4-6-14(7-5-12)21(16,19)20/h4-7,10-11,17-18H,8-9H2,1-3H3,(H2,16,19,20)/t11-/m0/s1. The highest BCUT2D eigenvalue weighted by Crippen LogP contribution is 2.35. The second-order valence-electron chi connectivity index (χ2n) is 6.49. The van der Waals surface area contributed by atoms with Gasteiger partial charge in [0, 0.05) is 5.70 Å². The monoisotopic (exact) mass is 309 g/mol. The maximum absolute atomic E-state index is 11.2. The Morgan fingerprint density at radius 2 is 1.81 bits per heavy atom. The third-order valence-corrected chi connectivity index (χ3v) is 4.49. The molecule has 0 saturated heterocycles. The largest absolute Gasteiger partial charge is 0.305 e. The molecule has 0 heterocycles. The predicted octanol–water partition coefficient (Wildman–Crippen LogP) is 2.59. The van der Waals surface area contributed by atoms with Crippen LogP contribution in [0.15, 0.2) is 40.9 Å². The highest BCUT2D eigenvalue weighted by molar-refractivity contribution is 7.89. The quantitative estimate of drug-likeness (QED) is 0.746. The molecule has 1 aromatic carbocycles. The van der Waals surface area contributed by atoms with E-state index < -0.39 is 10.0 Å². The van der Waals surface area contributed by atoms with Crippen LogP contribution in [0.2, 0.25) is 0 Å². The molecule has 6 heteroatoms. The summed E-state index contributed by atoms with van der Waals surface area (Å²) in [5, 5.41) is 5.07. The molecule has 1 aliphatic carbocycles. The van der Waals surface area contributed by atoms with Gasteiger partial charge >= 0.3 is 0 Å². The molecule has 21 heavy (non-hydrogen) atoms. The Labute approximate surface area is 126 Å². The SMILES string of the molecule is C[C@H]1CC(NNc2ccc(S(N)(=O)=O)cc2)=CC(C)(C)C1. The van der Waals surface area contributed by atoms with Gasteiger partial charge in [-0.3, -0.25) is 0 Å². The minimum Gasteiger partial charge on any atom is -0.305 e. The summed E-state index contributed by atoms with van der Waals surface area (Å²) >= 11 is 0. The van der Waals surface area contributed by atoms with Crippen molar-refractivity contribution in [3.63, 3.8) is 0 Å². The lowest BCUT2D eigenvalue weighted by molar-refractivity contribution is 0.316. The van der Waals surface area contributed by atoms with Gasteiger partial charge in [0.15, 0.2) is 0 Å². The summed E-state index contributed by atoms with van der Waals surface area (Å²) in [7, 11) is -3.64. The van der Waals surface area contributed by atoms with Crippen molar-refractivity contribution in [2.24, 2.45) is 16.5 Å². The van der Waals surface area contributed by atoms with E-state index in [1.807, 2.05) is 0 Å². The van der Waals surface area contributed by atoms with Gasteiger partial charge in [0.25, 0.3) is 0 Å². The Balaban J connectivity index is 2.02. The van der Waals surface area contributed by atoms with E-state index in [2.05, 4.69) is 37.7 Å². The van der Waals surface area contributed by atoms with Crippen LogP contribution in [-0.4, -0.2) is 8.42 Å². The molecule has 0 unspecified atom stereocenters. The fourth-order valence-corrected chi connectivity index (χ4v) is 3.42. The number of benzene rings is 1. The zero-order chi connectivity index (χ0) is 15.7. The van der Waals surface area contributed by atoms with Crippen molar-refractivity contribution in [1.82, 2.24) is 5.43 Å². The molecule has 0 fully saturated rings. The maximum atomic E-state index is 11.2. The predicted molar refractivity (Wildman–Crippen MR) is 84.8 cm³/mol. The number of sulfonamides is 1. The van der Waals surface area contributed by atoms with Gasteiger partial charge in [-0.25, -0.2) is 13.6 Å². The minimum absolute atomic E-state index is 0.111. The van der Waals surface area contributed by atoms with Crippen molar-refractivity contribution in [2.45, 2.75) is 38.5 Å². The molecule has 0 aromatic heterocycles. The molecule has 4 N–H and O–H groups in total. The van der Waals surface area contributed by atoms with Gasteiger partial charge in [-0.15, -0.1) is 0 Å². The van der Waals surface area contributed by atoms with Crippen molar-refractivity contribution in [3.05, 3.63) is 36.0 Å². The molecule has 0 aliphatic heterocycles. The van der Waals surface area contributed by atoms with E-state index in [1.54, 1.807) is 12.1 Å². The third-order valence-electron chi connectivity index (χ3n) is 3.56. The fourth-order valence-electron chi connectivity index (χ4n) is 2.90. The second-order valence-corrected chi connectivity index (χ2v) is 8.05. The smallest absolute Gasteiger partial charge is 0.238 e. The molecule has 1 aliphatic rings. The first-order valence-corrected chi connectivity index (χ1v) is 8.57. The Hall–Kier alpha value is -1.53. The number of allylic oxidation sites excluding steroid dienone is 2. The first kappa shape index (κ1) is 15.9. The molecule has 0 amide bonds. The van der Waals surface area contributed by atoms with Crippen molar-refractivity contribution in [2.75, 3.05) is 5.43 Å². The lowest BCUT2D eigenvalue weighted by Gasteiger charge is -2.32. The summed E-state index contributed by atoms with van der Waals surface area (Å²) in [5.41, 5.74) is 8.46. The molecule has 0 spiro atoms. The van der Waals surface area contributed by atoms with Crippen LogP contribution in [-0.2, 0) is 10.0 Å². The molecule has 1 aromatic rings. The summed E-state index contributed by atoms with van der Waals surface area (Å²) in [4.78, 5) is 0.111. The van der Waals surface area contributed by atoms with Crippen LogP contribution >= 0.6 is 0 Å². The highest BCUT2D eigenvalue weighted by atomic mass is 32.2. The van der Waals surface area contributed by atoms with E-state index >= 15 is 0 Å². The molecule has 0 bridgehead atoms. The van der Waals surface area contributed by atoms with Gasteiger partial charge in [-0.2, -0.15) is 0 Å². The number of primary sulfonamides is 1. The Kier molecular flexibility index (Phi) is 4.30. The van der Waals surface area contributed by atoms with Crippen molar-refractivity contribution in [3.8, 4) is 0 Å². The van der Waals surface area contributed by atoms with Gasteiger partial charge in [0.2, 0.25) is 10.0 Å². The van der Waals surface area contributed by atoms with E-state index in [0.717, 1.165) is 17.8 Å². The Morgan fingerprint density at radius 3 is 2.33 bits per heavy atom. The lowest BCUT2D eigenvalue weighted by atomic mass is 9.76. The Bertz CT molecular complexity index is 633.